The van der Waals surface area contributed by atoms with Gasteiger partial charge in [-0.2, -0.15) is 26.0 Å². The lowest BCUT2D eigenvalue weighted by Crippen LogP contribution is -2.44. The molecular weight excluding hydrogens is 458 g/mol. The van der Waals surface area contributed by atoms with E-state index in [1.807, 2.05) is 0 Å². The number of benzene rings is 2. The molecule has 5 nitrogen and oxygen atoms in total. The molecule has 0 aliphatic rings. The highest BCUT2D eigenvalue weighted by molar-refractivity contribution is 8.01. The summed E-state index contributed by atoms with van der Waals surface area (Å²) in [4.78, 5) is -2.20. The predicted octanol–water partition coefficient (Wildman–Crippen LogP) is 3.96. The highest BCUT2D eigenvalue weighted by atomic mass is 32.2. The number of rotatable bonds is 6. The number of halogens is 6. The van der Waals surface area contributed by atoms with Gasteiger partial charge in [0.15, 0.2) is 0 Å². The van der Waals surface area contributed by atoms with Gasteiger partial charge in [-0.3, -0.25) is 4.55 Å². The van der Waals surface area contributed by atoms with E-state index in [0.29, 0.717) is 42.5 Å². The van der Waals surface area contributed by atoms with Crippen molar-refractivity contribution < 1.29 is 47.7 Å². The molecular formula is C14H8F6O5S3. The molecule has 154 valence electrons. The largest absolute Gasteiger partial charge is 0.442 e. The molecule has 0 aromatic heterocycles. The zero-order valence-corrected chi connectivity index (χ0v) is 15.6. The number of alkyl halides is 4. The molecule has 0 heterocycles. The lowest BCUT2D eigenvalue weighted by atomic mass is 10.3. The summed E-state index contributed by atoms with van der Waals surface area (Å²) in [5, 5.41) is -11.1. The van der Waals surface area contributed by atoms with Crippen LogP contribution in [0.2, 0.25) is 0 Å². The molecule has 2 aromatic rings. The van der Waals surface area contributed by atoms with Crippen LogP contribution in [0.5, 0.6) is 0 Å². The van der Waals surface area contributed by atoms with Gasteiger partial charge in [0.05, 0.1) is 4.90 Å². The molecule has 2 aromatic carbocycles. The van der Waals surface area contributed by atoms with Crippen LogP contribution in [-0.4, -0.2) is 31.9 Å². The lowest BCUT2D eigenvalue weighted by Gasteiger charge is -2.22. The van der Waals surface area contributed by atoms with E-state index in [4.69, 9.17) is 4.55 Å². The first-order chi connectivity index (χ1) is 12.6. The lowest BCUT2D eigenvalue weighted by molar-refractivity contribution is -0.0946. The Morgan fingerprint density at radius 1 is 0.857 bits per heavy atom. The van der Waals surface area contributed by atoms with E-state index in [1.54, 1.807) is 0 Å². The molecule has 0 radical (unpaired) electrons. The van der Waals surface area contributed by atoms with Crippen LogP contribution in [0.1, 0.15) is 0 Å². The minimum absolute atomic E-state index is 0.315. The van der Waals surface area contributed by atoms with E-state index >= 15 is 0 Å². The molecule has 1 N–H and O–H groups in total. The second kappa shape index (κ2) is 7.24. The van der Waals surface area contributed by atoms with E-state index in [2.05, 4.69) is 0 Å². The zero-order chi connectivity index (χ0) is 21.5. The third-order valence-corrected chi connectivity index (χ3v) is 7.08. The normalized spacial score (nSPS) is 13.5. The Labute approximate surface area is 159 Å². The van der Waals surface area contributed by atoms with E-state index in [1.165, 1.54) is 0 Å². The summed E-state index contributed by atoms with van der Waals surface area (Å²) in [7, 11) is -10.9. The summed E-state index contributed by atoms with van der Waals surface area (Å²) in [5.41, 5.74) is 0. The first-order valence-electron chi connectivity index (χ1n) is 6.81. The second-order valence-electron chi connectivity index (χ2n) is 5.16. The number of sulfone groups is 1. The third-order valence-electron chi connectivity index (χ3n) is 3.23. The first-order valence-corrected chi connectivity index (χ1v) is 10.6. The molecule has 14 heteroatoms. The summed E-state index contributed by atoms with van der Waals surface area (Å²) in [6, 6.07) is 4.29. The maximum Gasteiger partial charge on any atom is 0.442 e. The van der Waals surface area contributed by atoms with Crippen molar-refractivity contribution in [3.05, 3.63) is 54.1 Å². The van der Waals surface area contributed by atoms with Gasteiger partial charge in [-0.05, 0) is 48.2 Å². The van der Waals surface area contributed by atoms with Crippen molar-refractivity contribution in [2.75, 3.05) is 0 Å². The molecule has 0 unspecified atom stereocenters. The van der Waals surface area contributed by atoms with Crippen molar-refractivity contribution in [3.8, 4) is 0 Å². The molecule has 28 heavy (non-hydrogen) atoms. The maximum absolute atomic E-state index is 13.7. The quantitative estimate of drug-likeness (QED) is 0.300. The molecule has 0 fully saturated rings. The SMILES string of the molecule is O=S(=O)(c1ccc(SC(F)(F)C(F)(F)S(=O)(=O)O)cc1)c1ccc(F)cc1F. The van der Waals surface area contributed by atoms with E-state index in [9.17, 15) is 43.2 Å². The Balaban J connectivity index is 2.36. The highest BCUT2D eigenvalue weighted by Gasteiger charge is 2.66. The highest BCUT2D eigenvalue weighted by Crippen LogP contribution is 2.49. The molecule has 0 atom stereocenters. The van der Waals surface area contributed by atoms with Crippen molar-refractivity contribution in [1.29, 1.82) is 0 Å². The van der Waals surface area contributed by atoms with Crippen LogP contribution in [0.4, 0.5) is 26.3 Å². The molecule has 0 saturated carbocycles. The molecule has 0 amide bonds. The van der Waals surface area contributed by atoms with Crippen LogP contribution >= 0.6 is 11.8 Å². The van der Waals surface area contributed by atoms with E-state index in [0.717, 1.165) is 0 Å². The van der Waals surface area contributed by atoms with Gasteiger partial charge in [0.1, 0.15) is 16.5 Å². The van der Waals surface area contributed by atoms with Gasteiger partial charge in [0.25, 0.3) is 0 Å². The molecule has 0 spiro atoms. The van der Waals surface area contributed by atoms with Gasteiger partial charge in [0.2, 0.25) is 9.84 Å². The van der Waals surface area contributed by atoms with Crippen molar-refractivity contribution in [3.63, 3.8) is 0 Å². The number of thioether (sulfide) groups is 1. The zero-order valence-electron chi connectivity index (χ0n) is 13.1. The van der Waals surface area contributed by atoms with Crippen LogP contribution in [0.3, 0.4) is 0 Å². The van der Waals surface area contributed by atoms with Crippen molar-refractivity contribution in [2.45, 2.75) is 25.2 Å². The molecule has 0 bridgehead atoms. The number of hydrogen-bond donors (Lipinski definition) is 1. The van der Waals surface area contributed by atoms with Gasteiger partial charge in [-0.15, -0.1) is 0 Å². The Morgan fingerprint density at radius 2 is 1.39 bits per heavy atom. The minimum atomic E-state index is -6.43. The van der Waals surface area contributed by atoms with Crippen LogP contribution in [-0.2, 0) is 20.0 Å². The fourth-order valence-electron chi connectivity index (χ4n) is 1.86. The molecule has 0 aliphatic carbocycles. The van der Waals surface area contributed by atoms with E-state index < -0.39 is 68.5 Å². The molecule has 2 rings (SSSR count). The minimum Gasteiger partial charge on any atom is -0.281 e. The van der Waals surface area contributed by atoms with Crippen molar-refractivity contribution in [2.24, 2.45) is 0 Å². The summed E-state index contributed by atoms with van der Waals surface area (Å²) >= 11 is -0.941. The summed E-state index contributed by atoms with van der Waals surface area (Å²) in [5.74, 6) is -2.44. The topological polar surface area (TPSA) is 88.5 Å². The number of hydrogen-bond acceptors (Lipinski definition) is 5. The third kappa shape index (κ3) is 4.14. The Kier molecular flexibility index (Phi) is 5.82. The monoisotopic (exact) mass is 466 g/mol. The Morgan fingerprint density at radius 3 is 1.86 bits per heavy atom. The average Bonchev–Trinajstić information content (AvgIpc) is 2.53. The van der Waals surface area contributed by atoms with Gasteiger partial charge in [0, 0.05) is 11.0 Å². The van der Waals surface area contributed by atoms with Gasteiger partial charge >= 0.3 is 20.6 Å². The summed E-state index contributed by atoms with van der Waals surface area (Å²) in [6.45, 7) is 0. The van der Waals surface area contributed by atoms with Crippen LogP contribution in [0.25, 0.3) is 0 Å². The van der Waals surface area contributed by atoms with Crippen molar-refractivity contribution in [1.82, 2.24) is 0 Å². The Hall–Kier alpha value is -1.77. The predicted molar refractivity (Wildman–Crippen MR) is 85.6 cm³/mol. The molecule has 0 aliphatic heterocycles. The van der Waals surface area contributed by atoms with Crippen molar-refractivity contribution >= 4 is 31.7 Å². The van der Waals surface area contributed by atoms with Gasteiger partial charge in [-0.25, -0.2) is 17.2 Å². The average molecular weight is 466 g/mol. The second-order valence-corrected chi connectivity index (χ2v) is 9.73. The fraction of sp³-hybridized carbons (Fsp3) is 0.143. The van der Waals surface area contributed by atoms with Crippen LogP contribution < -0.4 is 0 Å². The fourth-order valence-corrected chi connectivity index (χ4v) is 4.60. The first kappa shape index (κ1) is 22.5. The summed E-state index contributed by atoms with van der Waals surface area (Å²) in [6.07, 6.45) is 0. The summed E-state index contributed by atoms with van der Waals surface area (Å²) < 4.78 is 134. The van der Waals surface area contributed by atoms with E-state index in [-0.39, 0.29) is 0 Å². The maximum atomic E-state index is 13.7. The standard InChI is InChI=1S/C14H8F6O5S3/c15-8-1-6-12(11(16)7-8)27(21,22)10-4-2-9(3-5-10)26-13(17,18)14(19,20)28(23,24)25/h1-7H,(H,23,24,25). The van der Waals surface area contributed by atoms with Gasteiger partial charge in [-0.1, -0.05) is 0 Å². The van der Waals surface area contributed by atoms with Crippen LogP contribution in [0, 0.1) is 11.6 Å². The van der Waals surface area contributed by atoms with Gasteiger partial charge < -0.3 is 0 Å². The molecule has 0 saturated heterocycles. The van der Waals surface area contributed by atoms with Crippen LogP contribution in [0.15, 0.2) is 57.2 Å². The smallest absolute Gasteiger partial charge is 0.281 e. The Bertz CT molecular complexity index is 1100.